The van der Waals surface area contributed by atoms with Crippen LogP contribution in [-0.2, 0) is 0 Å². The molecule has 2 aromatic rings. The predicted octanol–water partition coefficient (Wildman–Crippen LogP) is 3.87. The van der Waals surface area contributed by atoms with Gasteiger partial charge in [0.1, 0.15) is 0 Å². The van der Waals surface area contributed by atoms with Crippen LogP contribution in [-0.4, -0.2) is 6.04 Å². The number of nitrogens with one attached hydrogen (secondary N) is 1. The van der Waals surface area contributed by atoms with Gasteiger partial charge < -0.3 is 5.32 Å². The standard InChI is InChI=1S/C17H19N/c1-12-15-10-6-7-11-16(15)17(13(2)18-12)14-8-4-3-5-9-14/h3-13,17-18H,1-2H3/t12-,13-,17+/m0/s1. The summed E-state index contributed by atoms with van der Waals surface area (Å²) >= 11 is 0. The van der Waals surface area contributed by atoms with Crippen LogP contribution < -0.4 is 5.32 Å². The molecule has 0 amide bonds. The molecule has 0 spiro atoms. The van der Waals surface area contributed by atoms with Crippen molar-refractivity contribution in [1.82, 2.24) is 5.32 Å². The van der Waals surface area contributed by atoms with E-state index < -0.39 is 0 Å². The molecule has 0 saturated heterocycles. The zero-order valence-electron chi connectivity index (χ0n) is 10.9. The van der Waals surface area contributed by atoms with Gasteiger partial charge in [0.2, 0.25) is 0 Å². The van der Waals surface area contributed by atoms with Crippen LogP contribution in [0, 0.1) is 0 Å². The van der Waals surface area contributed by atoms with E-state index in [1.807, 2.05) is 0 Å². The van der Waals surface area contributed by atoms with Crippen molar-refractivity contribution in [3.8, 4) is 0 Å². The van der Waals surface area contributed by atoms with E-state index in [4.69, 9.17) is 0 Å². The van der Waals surface area contributed by atoms with Crippen molar-refractivity contribution in [2.75, 3.05) is 0 Å². The summed E-state index contributed by atoms with van der Waals surface area (Å²) in [6.07, 6.45) is 0. The minimum Gasteiger partial charge on any atom is -0.307 e. The van der Waals surface area contributed by atoms with E-state index in [1.54, 1.807) is 0 Å². The highest BCUT2D eigenvalue weighted by molar-refractivity contribution is 5.43. The van der Waals surface area contributed by atoms with E-state index in [9.17, 15) is 0 Å². The molecule has 1 aliphatic rings. The summed E-state index contributed by atoms with van der Waals surface area (Å²) in [6, 6.07) is 20.5. The summed E-state index contributed by atoms with van der Waals surface area (Å²) in [6.45, 7) is 4.53. The second kappa shape index (κ2) is 4.58. The molecule has 1 heterocycles. The Kier molecular flexibility index (Phi) is 2.92. The molecule has 0 radical (unpaired) electrons. The molecule has 92 valence electrons. The summed E-state index contributed by atoms with van der Waals surface area (Å²) < 4.78 is 0. The molecular formula is C17H19N. The first-order valence-corrected chi connectivity index (χ1v) is 6.67. The predicted molar refractivity (Wildman–Crippen MR) is 75.7 cm³/mol. The fraction of sp³-hybridized carbons (Fsp3) is 0.294. The molecule has 1 heteroatoms. The molecule has 1 nitrogen and oxygen atoms in total. The van der Waals surface area contributed by atoms with Gasteiger partial charge in [0.25, 0.3) is 0 Å². The molecule has 3 atom stereocenters. The van der Waals surface area contributed by atoms with Crippen LogP contribution in [0.2, 0.25) is 0 Å². The van der Waals surface area contributed by atoms with Gasteiger partial charge in [0.05, 0.1) is 0 Å². The first kappa shape index (κ1) is 11.5. The van der Waals surface area contributed by atoms with Crippen molar-refractivity contribution >= 4 is 0 Å². The summed E-state index contributed by atoms with van der Waals surface area (Å²) in [5.41, 5.74) is 4.31. The maximum atomic E-state index is 3.68. The zero-order valence-corrected chi connectivity index (χ0v) is 10.9. The number of hydrogen-bond acceptors (Lipinski definition) is 1. The molecule has 0 saturated carbocycles. The average Bonchev–Trinajstić information content (AvgIpc) is 2.40. The van der Waals surface area contributed by atoms with Crippen molar-refractivity contribution < 1.29 is 0 Å². The van der Waals surface area contributed by atoms with E-state index in [0.717, 1.165) is 0 Å². The molecule has 0 aliphatic carbocycles. The lowest BCUT2D eigenvalue weighted by Gasteiger charge is -2.36. The minimum atomic E-state index is 0.441. The van der Waals surface area contributed by atoms with Crippen molar-refractivity contribution in [3.63, 3.8) is 0 Å². The summed E-state index contributed by atoms with van der Waals surface area (Å²) in [7, 11) is 0. The van der Waals surface area contributed by atoms with Gasteiger partial charge in [-0.25, -0.2) is 0 Å². The molecule has 0 unspecified atom stereocenters. The SMILES string of the molecule is C[C@@H]1N[C@@H](C)[C@H](c2ccccc2)c2ccccc21. The van der Waals surface area contributed by atoms with Gasteiger partial charge in [-0.2, -0.15) is 0 Å². The maximum Gasteiger partial charge on any atom is 0.0297 e. The first-order valence-electron chi connectivity index (χ1n) is 6.67. The normalized spacial score (nSPS) is 26.7. The van der Waals surface area contributed by atoms with E-state index in [2.05, 4.69) is 73.8 Å². The monoisotopic (exact) mass is 237 g/mol. The Balaban J connectivity index is 2.12. The molecule has 1 N–H and O–H groups in total. The Bertz CT molecular complexity index is 532. The van der Waals surface area contributed by atoms with Crippen LogP contribution in [0.25, 0.3) is 0 Å². The number of hydrogen-bond donors (Lipinski definition) is 1. The van der Waals surface area contributed by atoms with Crippen LogP contribution in [0.5, 0.6) is 0 Å². The Hall–Kier alpha value is -1.60. The van der Waals surface area contributed by atoms with E-state index in [-0.39, 0.29) is 0 Å². The summed E-state index contributed by atoms with van der Waals surface area (Å²) in [4.78, 5) is 0. The Morgan fingerprint density at radius 3 is 2.11 bits per heavy atom. The highest BCUT2D eigenvalue weighted by atomic mass is 15.0. The summed E-state index contributed by atoms with van der Waals surface area (Å²) in [5.74, 6) is 0.457. The highest BCUT2D eigenvalue weighted by Crippen LogP contribution is 2.37. The fourth-order valence-electron chi connectivity index (χ4n) is 3.17. The van der Waals surface area contributed by atoms with Gasteiger partial charge in [-0.1, -0.05) is 54.6 Å². The van der Waals surface area contributed by atoms with Crippen molar-refractivity contribution in [2.45, 2.75) is 31.8 Å². The molecule has 3 rings (SSSR count). The van der Waals surface area contributed by atoms with E-state index in [0.29, 0.717) is 18.0 Å². The topological polar surface area (TPSA) is 12.0 Å². The lowest BCUT2D eigenvalue weighted by atomic mass is 9.78. The Morgan fingerprint density at radius 1 is 0.778 bits per heavy atom. The fourth-order valence-corrected chi connectivity index (χ4v) is 3.17. The van der Waals surface area contributed by atoms with Crippen LogP contribution in [0.1, 0.15) is 42.5 Å². The molecule has 2 aromatic carbocycles. The number of rotatable bonds is 1. The van der Waals surface area contributed by atoms with Gasteiger partial charge in [-0.15, -0.1) is 0 Å². The van der Waals surface area contributed by atoms with E-state index >= 15 is 0 Å². The maximum absolute atomic E-state index is 3.68. The smallest absolute Gasteiger partial charge is 0.0297 e. The van der Waals surface area contributed by atoms with Crippen LogP contribution in [0.4, 0.5) is 0 Å². The Morgan fingerprint density at radius 2 is 1.39 bits per heavy atom. The lowest BCUT2D eigenvalue weighted by molar-refractivity contribution is 0.411. The van der Waals surface area contributed by atoms with Gasteiger partial charge in [-0.3, -0.25) is 0 Å². The van der Waals surface area contributed by atoms with E-state index in [1.165, 1.54) is 16.7 Å². The third kappa shape index (κ3) is 1.85. The molecule has 1 aliphatic heterocycles. The van der Waals surface area contributed by atoms with Gasteiger partial charge in [0, 0.05) is 18.0 Å². The molecule has 0 bridgehead atoms. The largest absolute Gasteiger partial charge is 0.307 e. The van der Waals surface area contributed by atoms with Gasteiger partial charge >= 0.3 is 0 Å². The van der Waals surface area contributed by atoms with Crippen molar-refractivity contribution in [3.05, 3.63) is 71.3 Å². The molecule has 0 aromatic heterocycles. The zero-order chi connectivity index (χ0) is 12.5. The third-order valence-electron chi connectivity index (χ3n) is 3.97. The van der Waals surface area contributed by atoms with Gasteiger partial charge in [-0.05, 0) is 30.5 Å². The average molecular weight is 237 g/mol. The molecular weight excluding hydrogens is 218 g/mol. The molecule has 0 fully saturated rings. The van der Waals surface area contributed by atoms with Crippen molar-refractivity contribution in [2.24, 2.45) is 0 Å². The lowest BCUT2D eigenvalue weighted by Crippen LogP contribution is -2.39. The van der Waals surface area contributed by atoms with Crippen LogP contribution in [0.3, 0.4) is 0 Å². The van der Waals surface area contributed by atoms with Crippen LogP contribution in [0.15, 0.2) is 54.6 Å². The first-order chi connectivity index (χ1) is 8.77. The Labute approximate surface area is 109 Å². The van der Waals surface area contributed by atoms with Crippen molar-refractivity contribution in [1.29, 1.82) is 0 Å². The number of benzene rings is 2. The third-order valence-corrected chi connectivity index (χ3v) is 3.97. The highest BCUT2D eigenvalue weighted by Gasteiger charge is 2.30. The van der Waals surface area contributed by atoms with Crippen LogP contribution >= 0.6 is 0 Å². The number of fused-ring (bicyclic) bond motifs is 1. The second-order valence-electron chi connectivity index (χ2n) is 5.19. The van der Waals surface area contributed by atoms with Gasteiger partial charge in [0.15, 0.2) is 0 Å². The minimum absolute atomic E-state index is 0.441. The second-order valence-corrected chi connectivity index (χ2v) is 5.19. The quantitative estimate of drug-likeness (QED) is 0.794. The molecule has 18 heavy (non-hydrogen) atoms. The summed E-state index contributed by atoms with van der Waals surface area (Å²) in [5, 5.41) is 3.68.